The predicted octanol–water partition coefficient (Wildman–Crippen LogP) is 2.72. The van der Waals surface area contributed by atoms with E-state index in [-0.39, 0.29) is 33.4 Å². The Kier molecular flexibility index (Phi) is 6.09. The van der Waals surface area contributed by atoms with Crippen LogP contribution in [0.3, 0.4) is 0 Å². The van der Waals surface area contributed by atoms with E-state index in [2.05, 4.69) is 10.0 Å². The monoisotopic (exact) mass is 364 g/mol. The van der Waals surface area contributed by atoms with Crippen LogP contribution in [0.25, 0.3) is 0 Å². The second kappa shape index (κ2) is 7.64. The summed E-state index contributed by atoms with van der Waals surface area (Å²) in [5.74, 6) is -0.339. The molecule has 0 atom stereocenters. The van der Waals surface area contributed by atoms with E-state index < -0.39 is 10.0 Å². The molecule has 1 aliphatic carbocycles. The van der Waals surface area contributed by atoms with Crippen molar-refractivity contribution in [2.75, 3.05) is 6.54 Å². The van der Waals surface area contributed by atoms with Gasteiger partial charge in [-0.1, -0.05) is 42.5 Å². The van der Waals surface area contributed by atoms with Crippen LogP contribution in [-0.4, -0.2) is 26.9 Å². The maximum absolute atomic E-state index is 12.2. The molecule has 8 heteroatoms. The molecular weight excluding hydrogens is 347 g/mol. The normalized spacial score (nSPS) is 16.5. The molecule has 0 aliphatic heterocycles. The van der Waals surface area contributed by atoms with Crippen LogP contribution in [0, 0.1) is 0 Å². The van der Waals surface area contributed by atoms with Gasteiger partial charge < -0.3 is 5.32 Å². The lowest BCUT2D eigenvalue weighted by atomic mass is 9.95. The van der Waals surface area contributed by atoms with E-state index in [9.17, 15) is 13.2 Å². The second-order valence-electron chi connectivity index (χ2n) is 5.30. The number of hydrogen-bond donors (Lipinski definition) is 2. The molecule has 0 unspecified atom stereocenters. The van der Waals surface area contributed by atoms with Gasteiger partial charge in [0.2, 0.25) is 15.9 Å². The third-order valence-corrected chi connectivity index (χ3v) is 5.69. The van der Waals surface area contributed by atoms with Crippen molar-refractivity contribution in [1.82, 2.24) is 10.0 Å². The second-order valence-corrected chi connectivity index (χ2v) is 7.88. The highest BCUT2D eigenvalue weighted by Crippen LogP contribution is 2.24. The zero-order valence-electron chi connectivity index (χ0n) is 11.9. The molecule has 0 saturated heterocycles. The van der Waals surface area contributed by atoms with Crippen LogP contribution in [0.2, 0.25) is 10.0 Å². The van der Waals surface area contributed by atoms with Crippen molar-refractivity contribution in [3.8, 4) is 0 Å². The van der Waals surface area contributed by atoms with Crippen molar-refractivity contribution in [1.29, 1.82) is 0 Å². The first-order valence-electron chi connectivity index (χ1n) is 7.12. The maximum atomic E-state index is 12.2. The molecule has 2 rings (SSSR count). The Morgan fingerprint density at radius 1 is 1.18 bits per heavy atom. The Bertz CT molecular complexity index is 643. The van der Waals surface area contributed by atoms with Crippen LogP contribution in [0.1, 0.15) is 32.1 Å². The quantitative estimate of drug-likeness (QED) is 0.843. The van der Waals surface area contributed by atoms with Gasteiger partial charge in [-0.25, -0.2) is 13.1 Å². The highest BCUT2D eigenvalue weighted by Gasteiger charge is 2.21. The zero-order chi connectivity index (χ0) is 16.2. The topological polar surface area (TPSA) is 75.3 Å². The first kappa shape index (κ1) is 17.5. The van der Waals surface area contributed by atoms with E-state index >= 15 is 0 Å². The molecule has 1 fully saturated rings. The Balaban J connectivity index is 1.94. The van der Waals surface area contributed by atoms with Gasteiger partial charge >= 0.3 is 0 Å². The molecule has 1 aliphatic rings. The fourth-order valence-corrected chi connectivity index (χ4v) is 4.19. The van der Waals surface area contributed by atoms with Crippen LogP contribution in [-0.2, 0) is 14.8 Å². The smallest absolute Gasteiger partial charge is 0.242 e. The number of carbonyl (C=O) groups excluding carboxylic acids is 1. The predicted molar refractivity (Wildman–Crippen MR) is 86.7 cm³/mol. The first-order chi connectivity index (χ1) is 10.4. The number of halogens is 2. The van der Waals surface area contributed by atoms with Gasteiger partial charge in [0, 0.05) is 11.1 Å². The lowest BCUT2D eigenvalue weighted by Gasteiger charge is -2.22. The fraction of sp³-hybridized carbons (Fsp3) is 0.500. The summed E-state index contributed by atoms with van der Waals surface area (Å²) >= 11 is 11.7. The minimum absolute atomic E-state index is 0.0598. The van der Waals surface area contributed by atoms with E-state index in [0.29, 0.717) is 0 Å². The van der Waals surface area contributed by atoms with E-state index in [1.165, 1.54) is 24.6 Å². The standard InChI is InChI=1S/C14H18Cl2N2O3S/c15-10-6-7-12(16)13(8-10)22(20,21)17-9-14(19)18-11-4-2-1-3-5-11/h6-8,11,17H,1-5,9H2,(H,18,19). The van der Waals surface area contributed by atoms with Crippen LogP contribution in [0.4, 0.5) is 0 Å². The Labute approximate surface area is 140 Å². The van der Waals surface area contributed by atoms with Gasteiger partial charge in [0.15, 0.2) is 0 Å². The van der Waals surface area contributed by atoms with E-state index in [0.717, 1.165) is 25.7 Å². The summed E-state index contributed by atoms with van der Waals surface area (Å²) in [4.78, 5) is 11.7. The molecule has 0 aromatic heterocycles. The van der Waals surface area contributed by atoms with Gasteiger partial charge in [-0.05, 0) is 31.0 Å². The molecule has 22 heavy (non-hydrogen) atoms. The van der Waals surface area contributed by atoms with Gasteiger partial charge in [0.1, 0.15) is 4.90 Å². The summed E-state index contributed by atoms with van der Waals surface area (Å²) in [5, 5.41) is 3.16. The van der Waals surface area contributed by atoms with Crippen LogP contribution < -0.4 is 10.0 Å². The highest BCUT2D eigenvalue weighted by molar-refractivity contribution is 7.89. The molecule has 5 nitrogen and oxygen atoms in total. The van der Waals surface area contributed by atoms with Gasteiger partial charge in [-0.15, -0.1) is 0 Å². The Morgan fingerprint density at radius 2 is 1.86 bits per heavy atom. The molecule has 2 N–H and O–H groups in total. The zero-order valence-corrected chi connectivity index (χ0v) is 14.3. The fourth-order valence-electron chi connectivity index (χ4n) is 2.45. The van der Waals surface area contributed by atoms with Crippen molar-refractivity contribution in [3.63, 3.8) is 0 Å². The van der Waals surface area contributed by atoms with Crippen molar-refractivity contribution in [2.24, 2.45) is 0 Å². The third kappa shape index (κ3) is 4.84. The van der Waals surface area contributed by atoms with E-state index in [1.807, 2.05) is 0 Å². The molecule has 1 saturated carbocycles. The number of carbonyl (C=O) groups is 1. The molecule has 0 spiro atoms. The lowest BCUT2D eigenvalue weighted by Crippen LogP contribution is -2.42. The Hall–Kier alpha value is -0.820. The molecule has 0 bridgehead atoms. The summed E-state index contributed by atoms with van der Waals surface area (Å²) in [6, 6.07) is 4.30. The van der Waals surface area contributed by atoms with Crippen molar-refractivity contribution >= 4 is 39.1 Å². The van der Waals surface area contributed by atoms with E-state index in [1.54, 1.807) is 0 Å². The minimum atomic E-state index is -3.88. The number of amides is 1. The van der Waals surface area contributed by atoms with E-state index in [4.69, 9.17) is 23.2 Å². The summed E-state index contributed by atoms with van der Waals surface area (Å²) in [7, 11) is -3.88. The lowest BCUT2D eigenvalue weighted by molar-refractivity contribution is -0.120. The first-order valence-corrected chi connectivity index (χ1v) is 9.36. The highest BCUT2D eigenvalue weighted by atomic mass is 35.5. The number of sulfonamides is 1. The van der Waals surface area contributed by atoms with Crippen molar-refractivity contribution in [2.45, 2.75) is 43.0 Å². The van der Waals surface area contributed by atoms with Crippen LogP contribution in [0.5, 0.6) is 0 Å². The maximum Gasteiger partial charge on any atom is 0.242 e. The third-order valence-electron chi connectivity index (χ3n) is 3.58. The van der Waals surface area contributed by atoms with Crippen molar-refractivity contribution < 1.29 is 13.2 Å². The molecule has 0 heterocycles. The number of benzene rings is 1. The molecule has 122 valence electrons. The van der Waals surface area contributed by atoms with Crippen LogP contribution >= 0.6 is 23.2 Å². The van der Waals surface area contributed by atoms with Gasteiger partial charge in [-0.2, -0.15) is 0 Å². The SMILES string of the molecule is O=C(CNS(=O)(=O)c1cc(Cl)ccc1Cl)NC1CCCCC1. The van der Waals surface area contributed by atoms with Crippen LogP contribution in [0.15, 0.2) is 23.1 Å². The summed E-state index contributed by atoms with van der Waals surface area (Å²) in [6.45, 7) is -0.318. The average molecular weight is 365 g/mol. The summed E-state index contributed by atoms with van der Waals surface area (Å²) < 4.78 is 26.6. The van der Waals surface area contributed by atoms with Gasteiger partial charge in [0.25, 0.3) is 0 Å². The average Bonchev–Trinajstić information content (AvgIpc) is 2.49. The largest absolute Gasteiger partial charge is 0.352 e. The van der Waals surface area contributed by atoms with Gasteiger partial charge in [-0.3, -0.25) is 4.79 Å². The molecule has 0 radical (unpaired) electrons. The molecule has 1 amide bonds. The number of rotatable bonds is 5. The summed E-state index contributed by atoms with van der Waals surface area (Å²) in [6.07, 6.45) is 5.26. The molecule has 1 aromatic carbocycles. The number of hydrogen-bond acceptors (Lipinski definition) is 3. The molecule has 1 aromatic rings. The van der Waals surface area contributed by atoms with Gasteiger partial charge in [0.05, 0.1) is 11.6 Å². The minimum Gasteiger partial charge on any atom is -0.352 e. The van der Waals surface area contributed by atoms with Crippen molar-refractivity contribution in [3.05, 3.63) is 28.2 Å². The molecular formula is C14H18Cl2N2O3S. The number of nitrogens with one attached hydrogen (secondary N) is 2. The summed E-state index contributed by atoms with van der Waals surface area (Å²) in [5.41, 5.74) is 0. The Morgan fingerprint density at radius 3 is 2.55 bits per heavy atom.